The zero-order chi connectivity index (χ0) is 75.4. The van der Waals surface area contributed by atoms with Crippen molar-refractivity contribution in [2.45, 2.75) is 204 Å². The van der Waals surface area contributed by atoms with E-state index in [0.29, 0.717) is 19.3 Å². The normalized spacial score (nSPS) is 25.2. The Balaban J connectivity index is 1.63. The van der Waals surface area contributed by atoms with E-state index in [1.54, 1.807) is 20.8 Å². The molecule has 4 aliphatic rings. The number of esters is 1. The summed E-state index contributed by atoms with van der Waals surface area (Å²) in [5.41, 5.74) is -2.65. The number of likely N-dealkylation sites (N-methyl/N-ethyl adjacent to an activating group) is 8. The zero-order valence-electron chi connectivity index (χ0n) is 61.4. The van der Waals surface area contributed by atoms with Crippen LogP contribution in [0, 0.1) is 17.8 Å². The molecular weight excluding hydrogens is 1340 g/mol. The molecule has 2 aliphatic carbocycles. The molecular formula is C71H110ClF3N12O14. The fraction of sp³-hybridized carbons (Fsp3) is 0.718. The van der Waals surface area contributed by atoms with Gasteiger partial charge in [0.15, 0.2) is 0 Å². The minimum absolute atomic E-state index is 0.0180. The summed E-state index contributed by atoms with van der Waals surface area (Å²) < 4.78 is 53.3. The van der Waals surface area contributed by atoms with Crippen LogP contribution in [0.5, 0.6) is 0 Å². The number of nitrogens with one attached hydrogen (secondary N) is 3. The maximum atomic E-state index is 15.5. The molecule has 4 fully saturated rings. The van der Waals surface area contributed by atoms with Crippen molar-refractivity contribution in [1.29, 1.82) is 0 Å². The van der Waals surface area contributed by atoms with Gasteiger partial charge in [-0.15, -0.1) is 0 Å². The number of aryl methyl sites for hydroxylation is 1. The van der Waals surface area contributed by atoms with E-state index in [4.69, 9.17) is 21.1 Å². The number of benzene rings is 1. The van der Waals surface area contributed by atoms with Gasteiger partial charge >= 0.3 is 12.1 Å². The van der Waals surface area contributed by atoms with E-state index in [-0.39, 0.29) is 70.0 Å². The van der Waals surface area contributed by atoms with Gasteiger partial charge in [0.2, 0.25) is 65.0 Å². The summed E-state index contributed by atoms with van der Waals surface area (Å²) in [6, 6.07) is -6.20. The maximum Gasteiger partial charge on any atom is 0.417 e. The fourth-order valence-corrected chi connectivity index (χ4v) is 14.0. The van der Waals surface area contributed by atoms with Crippen LogP contribution in [0.3, 0.4) is 0 Å². The number of amides is 11. The van der Waals surface area contributed by atoms with Crippen molar-refractivity contribution < 1.29 is 80.2 Å². The molecule has 30 heteroatoms. The van der Waals surface area contributed by atoms with Crippen LogP contribution in [0.2, 0.25) is 5.02 Å². The number of hydrogen-bond acceptors (Lipinski definition) is 15. The number of likely N-dealkylation sites (tertiary alicyclic amines) is 1. The summed E-state index contributed by atoms with van der Waals surface area (Å²) >= 11 is 6.14. The first kappa shape index (κ1) is 84.3. The molecule has 101 heavy (non-hydrogen) atoms. The predicted molar refractivity (Wildman–Crippen MR) is 371 cm³/mol. The lowest BCUT2D eigenvalue weighted by molar-refractivity contribution is -0.155. The second-order valence-electron chi connectivity index (χ2n) is 28.4. The monoisotopic (exact) mass is 1450 g/mol. The fourth-order valence-electron chi connectivity index (χ4n) is 13.7. The van der Waals surface area contributed by atoms with Crippen LogP contribution in [-0.4, -0.2) is 272 Å². The van der Waals surface area contributed by atoms with Crippen LogP contribution in [0.25, 0.3) is 0 Å². The zero-order valence-corrected chi connectivity index (χ0v) is 62.2. The lowest BCUT2D eigenvalue weighted by Crippen LogP contribution is -2.65. The van der Waals surface area contributed by atoms with Gasteiger partial charge in [0.05, 0.1) is 56.0 Å². The number of hydrogen-bond donors (Lipinski definition) is 3. The molecule has 1 aromatic carbocycles. The molecule has 2 saturated carbocycles. The van der Waals surface area contributed by atoms with Gasteiger partial charge in [-0.25, -0.2) is 0 Å². The highest BCUT2D eigenvalue weighted by atomic mass is 35.5. The molecule has 566 valence electrons. The van der Waals surface area contributed by atoms with Crippen molar-refractivity contribution in [2.24, 2.45) is 17.8 Å². The first-order chi connectivity index (χ1) is 47.5. The molecule has 3 N–H and O–H groups in total. The largest absolute Gasteiger partial charge is 0.461 e. The summed E-state index contributed by atoms with van der Waals surface area (Å²) in [5.74, 6) is -10.2. The van der Waals surface area contributed by atoms with E-state index in [1.165, 1.54) is 89.0 Å². The van der Waals surface area contributed by atoms with Crippen molar-refractivity contribution in [1.82, 2.24) is 60.0 Å². The molecule has 11 amide bonds. The SMILES string of the molecule is C=CCOC(=O)C[C@H]1C(=O)NC2(CCCC2)C(=O)N(C)C(C(C)C)C(=O)N(C)[C@H](COCN2CCCCC2)CC(=O)N(C)[C@@H](C)C(=O)N[C@@H]([C@@H](C)CC)C(=O)N(C)CC(=O)N(C)CC(=O)N(C)C(CC2CCCCC2)C(=O)N(C)CC(=O)N[C@@H](CCc2ccc(C(F)(F)F)c(Cl)c2)C(=O)N1C. The molecule has 26 nitrogen and oxygen atoms in total. The Morgan fingerprint density at radius 2 is 1.32 bits per heavy atom. The van der Waals surface area contributed by atoms with Crippen LogP contribution in [-0.2, 0) is 79.6 Å². The third-order valence-corrected chi connectivity index (χ3v) is 20.9. The van der Waals surface area contributed by atoms with Gasteiger partial charge in [-0.1, -0.05) is 116 Å². The highest BCUT2D eigenvalue weighted by Crippen LogP contribution is 2.37. The summed E-state index contributed by atoms with van der Waals surface area (Å²) in [6.07, 6.45) is 3.44. The van der Waals surface area contributed by atoms with Crippen molar-refractivity contribution in [3.05, 3.63) is 47.0 Å². The number of carbonyl (C=O) groups is 12. The lowest BCUT2D eigenvalue weighted by atomic mass is 9.84. The number of nitrogens with zero attached hydrogens (tertiary/aromatic N) is 9. The molecule has 1 spiro atoms. The number of halogens is 4. The Bertz CT molecular complexity index is 3090. The molecule has 2 heterocycles. The summed E-state index contributed by atoms with van der Waals surface area (Å²) in [5, 5.41) is 7.72. The smallest absolute Gasteiger partial charge is 0.417 e. The van der Waals surface area contributed by atoms with E-state index in [2.05, 4.69) is 27.4 Å². The van der Waals surface area contributed by atoms with E-state index < -0.39 is 173 Å². The summed E-state index contributed by atoms with van der Waals surface area (Å²) in [6.45, 7) is 11.6. The van der Waals surface area contributed by atoms with Gasteiger partial charge in [0.1, 0.15) is 48.4 Å². The van der Waals surface area contributed by atoms with Crippen LogP contribution in [0.4, 0.5) is 13.2 Å². The average Bonchev–Trinajstić information content (AvgIpc) is 1.75. The molecule has 5 rings (SSSR count). The van der Waals surface area contributed by atoms with Gasteiger partial charge in [-0.2, -0.15) is 13.2 Å². The van der Waals surface area contributed by atoms with Crippen LogP contribution in [0.1, 0.15) is 155 Å². The van der Waals surface area contributed by atoms with Crippen molar-refractivity contribution in [3.63, 3.8) is 0 Å². The highest BCUT2D eigenvalue weighted by Gasteiger charge is 2.50. The first-order valence-corrected chi connectivity index (χ1v) is 35.8. The molecule has 0 aromatic heterocycles. The van der Waals surface area contributed by atoms with E-state index in [1.807, 2.05) is 6.92 Å². The second-order valence-corrected chi connectivity index (χ2v) is 28.8. The van der Waals surface area contributed by atoms with Crippen LogP contribution < -0.4 is 16.0 Å². The van der Waals surface area contributed by atoms with Gasteiger partial charge in [-0.3, -0.25) is 62.4 Å². The molecule has 8 atom stereocenters. The standard InChI is InChI=1S/C71H110ClF3N12O14/c1-15-35-101-60(92)39-54-64(94)78-70(31-21-22-32-70)69(99)86(14)62(45(3)4)68(98)83(11)50(43-100-44-87-33-23-18-24-34-87)38-57(89)82(10)47(6)63(93)77-61(46(5)16-2)67(97)81(9)41-58(90)79(7)42-59(91)84(12)55(37-48-25-19-17-20-26-48)66(96)80(8)40-56(88)76-53(65(95)85(54)13)30-28-49-27-29-51(52(72)36-49)71(73,74)75/h15,27,29,36,45-48,50,53-55,61-62H,1,16-26,28,30-35,37-44H2,2-14H3,(H,76,88)(H,77,93)(H,78,94)/t46-,47-,50-,53-,54-,55?,61-,62?/m0/s1. The highest BCUT2D eigenvalue weighted by molar-refractivity contribution is 6.31. The number of rotatable bonds is 16. The molecule has 2 aliphatic heterocycles. The minimum atomic E-state index is -4.81. The third kappa shape index (κ3) is 23.3. The quantitative estimate of drug-likeness (QED) is 0.147. The van der Waals surface area contributed by atoms with Crippen molar-refractivity contribution >= 4 is 82.5 Å². The number of piperidine rings is 1. The van der Waals surface area contributed by atoms with Gasteiger partial charge < -0.3 is 64.6 Å². The number of carbonyl (C=O) groups excluding carboxylic acids is 12. The van der Waals surface area contributed by atoms with E-state index >= 15 is 19.2 Å². The van der Waals surface area contributed by atoms with Gasteiger partial charge in [0.25, 0.3) is 0 Å². The Kier molecular flexibility index (Phi) is 32.3. The Morgan fingerprint density at radius 3 is 1.91 bits per heavy atom. The topological polar surface area (TPSA) is 289 Å². The minimum Gasteiger partial charge on any atom is -0.461 e. The Morgan fingerprint density at radius 1 is 0.703 bits per heavy atom. The van der Waals surface area contributed by atoms with Crippen LogP contribution in [0.15, 0.2) is 30.9 Å². The first-order valence-electron chi connectivity index (χ1n) is 35.4. The molecule has 0 radical (unpaired) electrons. The third-order valence-electron chi connectivity index (χ3n) is 20.6. The lowest BCUT2D eigenvalue weighted by Gasteiger charge is -2.41. The summed E-state index contributed by atoms with van der Waals surface area (Å²) in [4.78, 5) is 187. The Hall–Kier alpha value is -7.40. The molecule has 2 saturated heterocycles. The molecule has 1 aromatic rings. The Labute approximate surface area is 598 Å². The van der Waals surface area contributed by atoms with Gasteiger partial charge in [-0.05, 0) is 87.3 Å². The predicted octanol–water partition coefficient (Wildman–Crippen LogP) is 4.88. The van der Waals surface area contributed by atoms with Crippen molar-refractivity contribution in [3.8, 4) is 0 Å². The van der Waals surface area contributed by atoms with Crippen molar-refractivity contribution in [2.75, 3.05) is 109 Å². The van der Waals surface area contributed by atoms with E-state index in [0.717, 1.165) is 102 Å². The molecule has 2 unspecified atom stereocenters. The maximum absolute atomic E-state index is 15.5. The molecule has 0 bridgehead atoms. The van der Waals surface area contributed by atoms with E-state index in [9.17, 15) is 51.5 Å². The number of ether oxygens (including phenoxy) is 2. The average molecular weight is 1450 g/mol. The summed E-state index contributed by atoms with van der Waals surface area (Å²) in [7, 11) is 11.0. The number of alkyl halides is 3. The second kappa shape index (κ2) is 38.8. The van der Waals surface area contributed by atoms with Crippen LogP contribution >= 0.6 is 11.6 Å². The van der Waals surface area contributed by atoms with Gasteiger partial charge in [0, 0.05) is 75.9 Å².